The SMILES string of the molecule is CCC(C)C(C)(O)CNC(=O)c1cccc(C(=O)NC)c1. The van der Waals surface area contributed by atoms with Crippen molar-refractivity contribution in [2.24, 2.45) is 5.92 Å². The van der Waals surface area contributed by atoms with Gasteiger partial charge in [-0.1, -0.05) is 26.3 Å². The monoisotopic (exact) mass is 292 g/mol. The summed E-state index contributed by atoms with van der Waals surface area (Å²) in [4.78, 5) is 23.7. The van der Waals surface area contributed by atoms with Crippen molar-refractivity contribution in [1.29, 1.82) is 0 Å². The first-order valence-corrected chi connectivity index (χ1v) is 7.14. The molecule has 0 spiro atoms. The van der Waals surface area contributed by atoms with Gasteiger partial charge in [0, 0.05) is 24.7 Å². The van der Waals surface area contributed by atoms with Crippen molar-refractivity contribution in [1.82, 2.24) is 10.6 Å². The minimum absolute atomic E-state index is 0.0787. The van der Waals surface area contributed by atoms with Gasteiger partial charge in [-0.15, -0.1) is 0 Å². The van der Waals surface area contributed by atoms with Gasteiger partial charge in [0.1, 0.15) is 0 Å². The smallest absolute Gasteiger partial charge is 0.251 e. The summed E-state index contributed by atoms with van der Waals surface area (Å²) in [6, 6.07) is 6.48. The Kier molecular flexibility index (Phi) is 5.90. The second kappa shape index (κ2) is 7.22. The summed E-state index contributed by atoms with van der Waals surface area (Å²) in [5.41, 5.74) is -0.127. The molecule has 1 aromatic rings. The fraction of sp³-hybridized carbons (Fsp3) is 0.500. The van der Waals surface area contributed by atoms with E-state index in [1.165, 1.54) is 6.07 Å². The molecule has 3 N–H and O–H groups in total. The molecule has 1 aromatic carbocycles. The maximum Gasteiger partial charge on any atom is 0.251 e. The highest BCUT2D eigenvalue weighted by atomic mass is 16.3. The van der Waals surface area contributed by atoms with Gasteiger partial charge in [-0.3, -0.25) is 9.59 Å². The van der Waals surface area contributed by atoms with Gasteiger partial charge in [0.2, 0.25) is 0 Å². The van der Waals surface area contributed by atoms with Crippen molar-refractivity contribution in [2.45, 2.75) is 32.8 Å². The Hall–Kier alpha value is -1.88. The first-order valence-electron chi connectivity index (χ1n) is 7.14. The standard InChI is InChI=1S/C16H24N2O3/c1-5-11(2)16(3,21)10-18-15(20)13-8-6-7-12(9-13)14(19)17-4/h6-9,11,21H,5,10H2,1-4H3,(H,17,19)(H,18,20). The largest absolute Gasteiger partial charge is 0.388 e. The number of carbonyl (C=O) groups excluding carboxylic acids is 2. The summed E-state index contributed by atoms with van der Waals surface area (Å²) in [5, 5.41) is 15.5. The molecule has 0 aromatic heterocycles. The topological polar surface area (TPSA) is 78.4 Å². The molecule has 0 fully saturated rings. The summed E-state index contributed by atoms with van der Waals surface area (Å²) in [7, 11) is 1.54. The summed E-state index contributed by atoms with van der Waals surface area (Å²) >= 11 is 0. The molecule has 2 atom stereocenters. The van der Waals surface area contributed by atoms with E-state index < -0.39 is 5.60 Å². The van der Waals surface area contributed by atoms with Crippen LogP contribution in [0, 0.1) is 5.92 Å². The van der Waals surface area contributed by atoms with Gasteiger partial charge >= 0.3 is 0 Å². The Morgan fingerprint density at radius 1 is 1.29 bits per heavy atom. The molecule has 0 bridgehead atoms. The number of hydrogen-bond donors (Lipinski definition) is 3. The minimum Gasteiger partial charge on any atom is -0.388 e. The molecule has 0 saturated heterocycles. The van der Waals surface area contributed by atoms with Crippen LogP contribution in [0.5, 0.6) is 0 Å². The Labute approximate surface area is 125 Å². The lowest BCUT2D eigenvalue weighted by Crippen LogP contribution is -2.45. The summed E-state index contributed by atoms with van der Waals surface area (Å²) < 4.78 is 0. The molecule has 5 heteroatoms. The molecule has 21 heavy (non-hydrogen) atoms. The molecule has 0 heterocycles. The second-order valence-corrected chi connectivity index (χ2v) is 5.51. The van der Waals surface area contributed by atoms with E-state index in [4.69, 9.17) is 0 Å². The Morgan fingerprint density at radius 2 is 1.86 bits per heavy atom. The lowest BCUT2D eigenvalue weighted by atomic mass is 9.88. The van der Waals surface area contributed by atoms with Crippen molar-refractivity contribution < 1.29 is 14.7 Å². The number of benzene rings is 1. The second-order valence-electron chi connectivity index (χ2n) is 5.51. The maximum absolute atomic E-state index is 12.1. The number of nitrogens with one attached hydrogen (secondary N) is 2. The molecular formula is C16H24N2O3. The van der Waals surface area contributed by atoms with Gasteiger partial charge in [-0.05, 0) is 31.0 Å². The molecule has 2 unspecified atom stereocenters. The number of aliphatic hydroxyl groups is 1. The van der Waals surface area contributed by atoms with E-state index in [9.17, 15) is 14.7 Å². The van der Waals surface area contributed by atoms with Crippen molar-refractivity contribution >= 4 is 11.8 Å². The molecule has 2 amide bonds. The van der Waals surface area contributed by atoms with E-state index in [-0.39, 0.29) is 24.3 Å². The summed E-state index contributed by atoms with van der Waals surface area (Å²) in [5.74, 6) is -0.462. The van der Waals surface area contributed by atoms with Crippen LogP contribution in [0.3, 0.4) is 0 Å². The van der Waals surface area contributed by atoms with E-state index in [0.29, 0.717) is 11.1 Å². The minimum atomic E-state index is -0.956. The number of rotatable bonds is 6. The quantitative estimate of drug-likeness (QED) is 0.745. The highest BCUT2D eigenvalue weighted by molar-refractivity contribution is 5.99. The van der Waals surface area contributed by atoms with Gasteiger partial charge in [0.15, 0.2) is 0 Å². The molecule has 0 aliphatic rings. The lowest BCUT2D eigenvalue weighted by molar-refractivity contribution is 0.00592. The molecular weight excluding hydrogens is 268 g/mol. The maximum atomic E-state index is 12.1. The summed E-state index contributed by atoms with van der Waals surface area (Å²) in [6.07, 6.45) is 0.828. The normalized spacial score (nSPS) is 14.9. The first-order chi connectivity index (χ1) is 9.81. The Bertz CT molecular complexity index is 512. The van der Waals surface area contributed by atoms with E-state index in [0.717, 1.165) is 6.42 Å². The molecule has 0 aliphatic heterocycles. The highest BCUT2D eigenvalue weighted by Gasteiger charge is 2.27. The average Bonchev–Trinajstić information content (AvgIpc) is 2.50. The Morgan fingerprint density at radius 3 is 2.38 bits per heavy atom. The molecule has 0 saturated carbocycles. The van der Waals surface area contributed by atoms with E-state index in [2.05, 4.69) is 10.6 Å². The lowest BCUT2D eigenvalue weighted by Gasteiger charge is -2.29. The van der Waals surface area contributed by atoms with E-state index >= 15 is 0 Å². The molecule has 116 valence electrons. The third-order valence-electron chi connectivity index (χ3n) is 3.89. The van der Waals surface area contributed by atoms with Crippen LogP contribution in [-0.4, -0.2) is 36.1 Å². The van der Waals surface area contributed by atoms with Crippen LogP contribution in [0.2, 0.25) is 0 Å². The third kappa shape index (κ3) is 4.56. The predicted molar refractivity (Wildman–Crippen MR) is 82.2 cm³/mol. The van der Waals surface area contributed by atoms with Crippen molar-refractivity contribution in [3.05, 3.63) is 35.4 Å². The number of hydrogen-bond acceptors (Lipinski definition) is 3. The van der Waals surface area contributed by atoms with E-state index in [1.807, 2.05) is 13.8 Å². The van der Waals surface area contributed by atoms with Gasteiger partial charge in [0.25, 0.3) is 11.8 Å². The van der Waals surface area contributed by atoms with Crippen LogP contribution < -0.4 is 10.6 Å². The highest BCUT2D eigenvalue weighted by Crippen LogP contribution is 2.19. The third-order valence-corrected chi connectivity index (χ3v) is 3.89. The summed E-state index contributed by atoms with van der Waals surface area (Å²) in [6.45, 7) is 5.82. The van der Waals surface area contributed by atoms with Crippen LogP contribution in [0.15, 0.2) is 24.3 Å². The van der Waals surface area contributed by atoms with Gasteiger partial charge < -0.3 is 15.7 Å². The molecule has 0 aliphatic carbocycles. The molecule has 5 nitrogen and oxygen atoms in total. The fourth-order valence-corrected chi connectivity index (χ4v) is 1.92. The zero-order chi connectivity index (χ0) is 16.0. The van der Waals surface area contributed by atoms with Crippen LogP contribution in [0.25, 0.3) is 0 Å². The van der Waals surface area contributed by atoms with Crippen molar-refractivity contribution in [2.75, 3.05) is 13.6 Å². The van der Waals surface area contributed by atoms with Crippen molar-refractivity contribution in [3.63, 3.8) is 0 Å². The number of amides is 2. The zero-order valence-corrected chi connectivity index (χ0v) is 13.1. The van der Waals surface area contributed by atoms with Crippen LogP contribution >= 0.6 is 0 Å². The van der Waals surface area contributed by atoms with Gasteiger partial charge in [-0.2, -0.15) is 0 Å². The Balaban J connectivity index is 2.75. The van der Waals surface area contributed by atoms with Crippen LogP contribution in [0.1, 0.15) is 47.9 Å². The first kappa shape index (κ1) is 17.2. The number of carbonyl (C=O) groups is 2. The van der Waals surface area contributed by atoms with Gasteiger partial charge in [0.05, 0.1) is 5.60 Å². The molecule has 0 radical (unpaired) electrons. The van der Waals surface area contributed by atoms with Gasteiger partial charge in [-0.25, -0.2) is 0 Å². The average molecular weight is 292 g/mol. The zero-order valence-electron chi connectivity index (χ0n) is 13.1. The van der Waals surface area contributed by atoms with Crippen LogP contribution in [-0.2, 0) is 0 Å². The van der Waals surface area contributed by atoms with Crippen LogP contribution in [0.4, 0.5) is 0 Å². The van der Waals surface area contributed by atoms with E-state index in [1.54, 1.807) is 32.2 Å². The fourth-order valence-electron chi connectivity index (χ4n) is 1.92. The van der Waals surface area contributed by atoms with Crippen molar-refractivity contribution in [3.8, 4) is 0 Å². The predicted octanol–water partition coefficient (Wildman–Crippen LogP) is 1.57. The molecule has 1 rings (SSSR count).